The molecule has 0 aliphatic rings. The molecule has 0 aliphatic carbocycles. The summed E-state index contributed by atoms with van der Waals surface area (Å²) in [4.78, 5) is 33.3. The fourth-order valence-electron chi connectivity index (χ4n) is 1.09. The zero-order chi connectivity index (χ0) is 19.9. The third-order valence-corrected chi connectivity index (χ3v) is 2.19. The molecule has 14 heteroatoms. The Bertz CT molecular complexity index is 490. The number of hydrogen-bond donors (Lipinski definition) is 3. The van der Waals surface area contributed by atoms with E-state index >= 15 is 0 Å². The van der Waals surface area contributed by atoms with E-state index in [1.54, 1.807) is 5.32 Å². The highest BCUT2D eigenvalue weighted by Gasteiger charge is 2.37. The minimum atomic E-state index is -4.81. The van der Waals surface area contributed by atoms with E-state index in [9.17, 15) is 45.8 Å². The summed E-state index contributed by atoms with van der Waals surface area (Å²) in [6.45, 7) is -4.17. The second-order valence-electron chi connectivity index (χ2n) is 4.59. The molecule has 0 heterocycles. The average Bonchev–Trinajstić information content (AvgIpc) is 2.45. The first-order chi connectivity index (χ1) is 11.1. The first-order valence-corrected chi connectivity index (χ1v) is 6.37. The van der Waals surface area contributed by atoms with E-state index in [2.05, 4.69) is 9.47 Å². The molecule has 1 unspecified atom stereocenters. The van der Waals surface area contributed by atoms with Gasteiger partial charge in [-0.2, -0.15) is 26.3 Å². The molecule has 0 aliphatic heterocycles. The maximum Gasteiger partial charge on any atom is 0.422 e. The molecule has 0 saturated heterocycles. The number of aliphatic hydroxyl groups is 1. The molecule has 25 heavy (non-hydrogen) atoms. The second kappa shape index (κ2) is 8.84. The quantitative estimate of drug-likeness (QED) is 0.181. The number of ether oxygens (including phenoxy) is 2. The van der Waals surface area contributed by atoms with Gasteiger partial charge in [0.2, 0.25) is 5.79 Å². The number of carbonyl (C=O) groups excluding carboxylic acids is 3. The summed E-state index contributed by atoms with van der Waals surface area (Å²) >= 11 is 0. The van der Waals surface area contributed by atoms with E-state index in [-0.39, 0.29) is 0 Å². The normalized spacial score (nSPS) is 14.4. The number of amides is 2. The van der Waals surface area contributed by atoms with Crippen LogP contribution < -0.4 is 10.6 Å². The summed E-state index contributed by atoms with van der Waals surface area (Å²) in [5, 5.41) is 13.1. The van der Waals surface area contributed by atoms with Crippen LogP contribution in [0.5, 0.6) is 0 Å². The highest BCUT2D eigenvalue weighted by molar-refractivity contribution is 6.32. The van der Waals surface area contributed by atoms with Crippen molar-refractivity contribution in [2.75, 3.05) is 26.3 Å². The lowest BCUT2D eigenvalue weighted by atomic mass is 10.3. The predicted octanol–water partition coefficient (Wildman–Crippen LogP) is -0.388. The molecule has 3 N–H and O–H groups in total. The van der Waals surface area contributed by atoms with Gasteiger partial charge in [0.25, 0.3) is 5.91 Å². The molecule has 0 aromatic carbocycles. The minimum absolute atomic E-state index is 0.470. The van der Waals surface area contributed by atoms with Crippen molar-refractivity contribution < 1.29 is 55.3 Å². The Labute approximate surface area is 136 Å². The van der Waals surface area contributed by atoms with E-state index in [1.165, 1.54) is 0 Å². The van der Waals surface area contributed by atoms with Crippen molar-refractivity contribution in [1.29, 1.82) is 0 Å². The van der Waals surface area contributed by atoms with Gasteiger partial charge in [0.1, 0.15) is 6.61 Å². The summed E-state index contributed by atoms with van der Waals surface area (Å²) in [6.07, 6.45) is -9.60. The maximum atomic E-state index is 11.9. The number of alkyl halides is 6. The van der Waals surface area contributed by atoms with Crippen LogP contribution in [0.4, 0.5) is 26.3 Å². The SMILES string of the molecule is CC(O)(OCC(F)(F)F)C(=O)NCCNC(=O)C(=O)OCC(F)(F)F. The zero-order valence-corrected chi connectivity index (χ0v) is 12.6. The van der Waals surface area contributed by atoms with E-state index in [4.69, 9.17) is 0 Å². The Balaban J connectivity index is 4.12. The number of hydrogen-bond acceptors (Lipinski definition) is 6. The van der Waals surface area contributed by atoms with Crippen LogP contribution >= 0.6 is 0 Å². The van der Waals surface area contributed by atoms with Crippen molar-refractivity contribution in [3.05, 3.63) is 0 Å². The Morgan fingerprint density at radius 3 is 1.88 bits per heavy atom. The highest BCUT2D eigenvalue weighted by Crippen LogP contribution is 2.18. The third-order valence-electron chi connectivity index (χ3n) is 2.19. The number of nitrogens with one attached hydrogen (secondary N) is 2. The van der Waals surface area contributed by atoms with Gasteiger partial charge in [-0.1, -0.05) is 0 Å². The third kappa shape index (κ3) is 11.1. The van der Waals surface area contributed by atoms with E-state index < -0.39 is 62.2 Å². The van der Waals surface area contributed by atoms with Gasteiger partial charge in [0.05, 0.1) is 0 Å². The molecule has 0 fully saturated rings. The Morgan fingerprint density at radius 2 is 1.40 bits per heavy atom. The summed E-state index contributed by atoms with van der Waals surface area (Å²) in [5.41, 5.74) is 0. The molecule has 8 nitrogen and oxygen atoms in total. The van der Waals surface area contributed by atoms with E-state index in [0.717, 1.165) is 0 Å². The van der Waals surface area contributed by atoms with Crippen LogP contribution in [-0.2, 0) is 23.9 Å². The number of rotatable bonds is 7. The van der Waals surface area contributed by atoms with Gasteiger partial charge in [-0.3, -0.25) is 9.59 Å². The number of carbonyl (C=O) groups is 3. The molecule has 0 radical (unpaired) electrons. The molecule has 2 amide bonds. The summed E-state index contributed by atoms with van der Waals surface area (Å²) in [7, 11) is 0. The molecule has 0 rings (SSSR count). The topological polar surface area (TPSA) is 114 Å². The van der Waals surface area contributed by atoms with Crippen LogP contribution in [0.25, 0.3) is 0 Å². The lowest BCUT2D eigenvalue weighted by Crippen LogP contribution is -2.49. The minimum Gasteiger partial charge on any atom is -0.449 e. The molecule has 1 atom stereocenters. The van der Waals surface area contributed by atoms with Crippen LogP contribution in [-0.4, -0.2) is 67.3 Å². The molecular formula is C11H14F6N2O6. The summed E-state index contributed by atoms with van der Waals surface area (Å²) in [5.74, 6) is -7.53. The Kier molecular flexibility index (Phi) is 8.11. The number of esters is 1. The van der Waals surface area contributed by atoms with Gasteiger partial charge in [0, 0.05) is 13.1 Å². The van der Waals surface area contributed by atoms with Crippen molar-refractivity contribution in [2.24, 2.45) is 0 Å². The highest BCUT2D eigenvalue weighted by atomic mass is 19.4. The van der Waals surface area contributed by atoms with Gasteiger partial charge in [-0.05, 0) is 6.92 Å². The van der Waals surface area contributed by atoms with Crippen LogP contribution in [0.15, 0.2) is 0 Å². The predicted molar refractivity (Wildman–Crippen MR) is 65.7 cm³/mol. The second-order valence-corrected chi connectivity index (χ2v) is 4.59. The monoisotopic (exact) mass is 384 g/mol. The van der Waals surface area contributed by atoms with Crippen molar-refractivity contribution in [1.82, 2.24) is 10.6 Å². The Morgan fingerprint density at radius 1 is 0.920 bits per heavy atom. The van der Waals surface area contributed by atoms with Crippen molar-refractivity contribution >= 4 is 17.8 Å². The maximum absolute atomic E-state index is 11.9. The smallest absolute Gasteiger partial charge is 0.422 e. The molecule has 0 aromatic heterocycles. The molecule has 0 aromatic rings. The van der Waals surface area contributed by atoms with Crippen molar-refractivity contribution in [3.8, 4) is 0 Å². The molecule has 0 saturated carbocycles. The lowest BCUT2D eigenvalue weighted by molar-refractivity contribution is -0.250. The zero-order valence-electron chi connectivity index (χ0n) is 12.6. The fraction of sp³-hybridized carbons (Fsp3) is 0.727. The standard InChI is InChI=1S/C11H14F6N2O6/c1-9(23,25-5-11(15,16)17)8(22)19-3-2-18-6(20)7(21)24-4-10(12,13)14/h23H,2-5H2,1H3,(H,18,20)(H,19,22). The van der Waals surface area contributed by atoms with Gasteiger partial charge in [-0.25, -0.2) is 4.79 Å². The van der Waals surface area contributed by atoms with Crippen LogP contribution in [0.1, 0.15) is 6.92 Å². The van der Waals surface area contributed by atoms with Crippen LogP contribution in [0, 0.1) is 0 Å². The van der Waals surface area contributed by atoms with Crippen LogP contribution in [0.3, 0.4) is 0 Å². The number of halogens is 6. The molecule has 146 valence electrons. The molecule has 0 spiro atoms. The molecule has 0 bridgehead atoms. The van der Waals surface area contributed by atoms with Crippen molar-refractivity contribution in [2.45, 2.75) is 25.1 Å². The summed E-state index contributed by atoms with van der Waals surface area (Å²) < 4.78 is 78.7. The summed E-state index contributed by atoms with van der Waals surface area (Å²) in [6, 6.07) is 0. The fourth-order valence-corrected chi connectivity index (χ4v) is 1.09. The van der Waals surface area contributed by atoms with E-state index in [0.29, 0.717) is 6.92 Å². The average molecular weight is 384 g/mol. The van der Waals surface area contributed by atoms with E-state index in [1.807, 2.05) is 5.32 Å². The lowest BCUT2D eigenvalue weighted by Gasteiger charge is -2.23. The van der Waals surface area contributed by atoms with Gasteiger partial charge < -0.3 is 25.2 Å². The largest absolute Gasteiger partial charge is 0.449 e. The van der Waals surface area contributed by atoms with Crippen molar-refractivity contribution in [3.63, 3.8) is 0 Å². The first-order valence-electron chi connectivity index (χ1n) is 6.37. The van der Waals surface area contributed by atoms with Crippen LogP contribution in [0.2, 0.25) is 0 Å². The Hall–Kier alpha value is -2.09. The van der Waals surface area contributed by atoms with Gasteiger partial charge in [-0.15, -0.1) is 0 Å². The van der Waals surface area contributed by atoms with Gasteiger partial charge in [0.15, 0.2) is 6.61 Å². The molecular weight excluding hydrogens is 370 g/mol. The van der Waals surface area contributed by atoms with Gasteiger partial charge >= 0.3 is 24.2 Å². The first kappa shape index (κ1) is 22.9.